The highest BCUT2D eigenvalue weighted by Crippen LogP contribution is 2.32. The number of nitro groups is 1. The second-order valence-corrected chi connectivity index (χ2v) is 7.94. The van der Waals surface area contributed by atoms with Crippen molar-refractivity contribution in [3.05, 3.63) is 129 Å². The van der Waals surface area contributed by atoms with Gasteiger partial charge in [0.15, 0.2) is 11.4 Å². The van der Waals surface area contributed by atoms with Gasteiger partial charge in [0.1, 0.15) is 5.69 Å². The second-order valence-electron chi connectivity index (χ2n) is 7.94. The summed E-state index contributed by atoms with van der Waals surface area (Å²) in [6.45, 7) is 17.9. The largest absolute Gasteiger partial charge is 0.397 e. The minimum absolute atomic E-state index is 0.0473. The van der Waals surface area contributed by atoms with Crippen molar-refractivity contribution in [3.8, 4) is 0 Å². The highest BCUT2D eigenvalue weighted by Gasteiger charge is 2.14. The first kappa shape index (κ1) is 25.3. The van der Waals surface area contributed by atoms with Crippen LogP contribution in [-0.2, 0) is 0 Å². The van der Waals surface area contributed by atoms with Crippen LogP contribution < -0.4 is 16.4 Å². The SMILES string of the molecule is [C-]#[N+]c1ccc(N)c(Nc2cccc(C)c2)c1.[C-]#[N+]c1ccc([N+](=O)[O-])c(Nc2cccc(C)c2)c1. The van der Waals surface area contributed by atoms with Crippen LogP contribution in [0.2, 0.25) is 0 Å². The fourth-order valence-electron chi connectivity index (χ4n) is 3.33. The van der Waals surface area contributed by atoms with Crippen molar-refractivity contribution in [3.63, 3.8) is 0 Å². The molecule has 0 unspecified atom stereocenters. The number of anilines is 5. The highest BCUT2D eigenvalue weighted by atomic mass is 16.6. The third-order valence-corrected chi connectivity index (χ3v) is 5.07. The number of nitrogens with one attached hydrogen (secondary N) is 2. The van der Waals surface area contributed by atoms with E-state index in [0.29, 0.717) is 22.7 Å². The summed E-state index contributed by atoms with van der Waals surface area (Å²) in [5.74, 6) is 0. The van der Waals surface area contributed by atoms with Crippen molar-refractivity contribution in [2.75, 3.05) is 16.4 Å². The van der Waals surface area contributed by atoms with Crippen molar-refractivity contribution >= 4 is 45.5 Å². The molecule has 0 bridgehead atoms. The molecule has 0 radical (unpaired) electrons. The lowest BCUT2D eigenvalue weighted by atomic mass is 10.2. The van der Waals surface area contributed by atoms with Gasteiger partial charge in [0.05, 0.1) is 29.4 Å². The van der Waals surface area contributed by atoms with Crippen LogP contribution in [0.3, 0.4) is 0 Å². The molecule has 0 aliphatic heterocycles. The monoisotopic (exact) mass is 476 g/mol. The lowest BCUT2D eigenvalue weighted by Crippen LogP contribution is -1.96. The molecule has 0 aliphatic carbocycles. The Balaban J connectivity index is 0.000000202. The number of aryl methyl sites for hydroxylation is 2. The van der Waals surface area contributed by atoms with Gasteiger partial charge in [0, 0.05) is 17.4 Å². The fraction of sp³-hybridized carbons (Fsp3) is 0.0714. The normalized spacial score (nSPS) is 9.67. The number of nitro benzene ring substituents is 1. The molecule has 4 aromatic rings. The summed E-state index contributed by atoms with van der Waals surface area (Å²) in [4.78, 5) is 17.2. The fourth-order valence-corrected chi connectivity index (χ4v) is 3.33. The average Bonchev–Trinajstić information content (AvgIpc) is 2.85. The molecule has 36 heavy (non-hydrogen) atoms. The summed E-state index contributed by atoms with van der Waals surface area (Å²) in [5, 5.41) is 17.2. The van der Waals surface area contributed by atoms with Gasteiger partial charge in [-0.3, -0.25) is 10.1 Å². The zero-order chi connectivity index (χ0) is 26.1. The van der Waals surface area contributed by atoms with Crippen LogP contribution in [-0.4, -0.2) is 4.92 Å². The Bertz CT molecular complexity index is 1480. The zero-order valence-electron chi connectivity index (χ0n) is 19.8. The summed E-state index contributed by atoms with van der Waals surface area (Å²) >= 11 is 0. The molecular weight excluding hydrogens is 452 g/mol. The maximum Gasteiger partial charge on any atom is 0.290 e. The van der Waals surface area contributed by atoms with Gasteiger partial charge in [0.25, 0.3) is 5.69 Å². The topological polar surface area (TPSA) is 102 Å². The third kappa shape index (κ3) is 6.83. The summed E-state index contributed by atoms with van der Waals surface area (Å²) < 4.78 is 0. The molecule has 0 saturated heterocycles. The molecule has 0 fully saturated rings. The van der Waals surface area contributed by atoms with E-state index in [1.807, 2.05) is 62.4 Å². The van der Waals surface area contributed by atoms with E-state index < -0.39 is 4.92 Å². The van der Waals surface area contributed by atoms with E-state index in [1.54, 1.807) is 18.2 Å². The van der Waals surface area contributed by atoms with Gasteiger partial charge >= 0.3 is 0 Å². The molecule has 0 aliphatic rings. The van der Waals surface area contributed by atoms with E-state index in [9.17, 15) is 10.1 Å². The quantitative estimate of drug-likeness (QED) is 0.117. The molecule has 4 N–H and O–H groups in total. The number of benzene rings is 4. The maximum absolute atomic E-state index is 11.0. The molecule has 0 atom stereocenters. The molecule has 0 spiro atoms. The number of hydrogen-bond donors (Lipinski definition) is 3. The Hall–Kier alpha value is -5.34. The highest BCUT2D eigenvalue weighted by molar-refractivity contribution is 5.77. The van der Waals surface area contributed by atoms with Crippen LogP contribution in [0.5, 0.6) is 0 Å². The van der Waals surface area contributed by atoms with E-state index >= 15 is 0 Å². The first-order valence-electron chi connectivity index (χ1n) is 10.9. The Labute approximate surface area is 209 Å². The molecule has 0 heterocycles. The van der Waals surface area contributed by atoms with Gasteiger partial charge in [0.2, 0.25) is 0 Å². The van der Waals surface area contributed by atoms with Crippen molar-refractivity contribution < 1.29 is 4.92 Å². The van der Waals surface area contributed by atoms with Crippen LogP contribution in [0, 0.1) is 37.1 Å². The Morgan fingerprint density at radius 3 is 1.75 bits per heavy atom. The Morgan fingerprint density at radius 2 is 1.25 bits per heavy atom. The maximum atomic E-state index is 11.0. The lowest BCUT2D eigenvalue weighted by Gasteiger charge is -2.10. The summed E-state index contributed by atoms with van der Waals surface area (Å²) in [6, 6.07) is 25.0. The predicted octanol–water partition coefficient (Wildman–Crippen LogP) is 8.07. The summed E-state index contributed by atoms with van der Waals surface area (Å²) in [7, 11) is 0. The Kier molecular flexibility index (Phi) is 8.21. The van der Waals surface area contributed by atoms with E-state index in [2.05, 4.69) is 20.3 Å². The van der Waals surface area contributed by atoms with Crippen molar-refractivity contribution in [1.29, 1.82) is 0 Å². The number of nitrogens with zero attached hydrogens (tertiary/aromatic N) is 3. The van der Waals surface area contributed by atoms with Gasteiger partial charge in [-0.1, -0.05) is 30.3 Å². The molecule has 0 aromatic heterocycles. The number of rotatable bonds is 5. The molecule has 8 heteroatoms. The molecular formula is C28H24N6O2. The standard InChI is InChI=1S/C14H11N3O2.C14H13N3/c1-10-4-3-5-12(8-10)16-13-9-11(15-2)6-7-14(13)17(18)19;1-10-4-3-5-12(8-10)17-14-9-11(16-2)6-7-13(14)15/h3-9,16H,1H3;3-9,17H,15H2,1H3. The first-order chi connectivity index (χ1) is 17.3. The van der Waals surface area contributed by atoms with Crippen LogP contribution in [0.25, 0.3) is 9.69 Å². The minimum atomic E-state index is -0.466. The lowest BCUT2D eigenvalue weighted by molar-refractivity contribution is -0.383. The zero-order valence-corrected chi connectivity index (χ0v) is 19.8. The van der Waals surface area contributed by atoms with Crippen LogP contribution in [0.15, 0.2) is 84.9 Å². The molecule has 0 saturated carbocycles. The van der Waals surface area contributed by atoms with E-state index in [-0.39, 0.29) is 5.69 Å². The van der Waals surface area contributed by atoms with Gasteiger partial charge in [-0.25, -0.2) is 9.69 Å². The minimum Gasteiger partial charge on any atom is -0.397 e. The number of hydrogen-bond acceptors (Lipinski definition) is 5. The summed E-state index contributed by atoms with van der Waals surface area (Å²) in [6.07, 6.45) is 0. The molecule has 0 amide bonds. The van der Waals surface area contributed by atoms with Crippen molar-refractivity contribution in [2.45, 2.75) is 13.8 Å². The van der Waals surface area contributed by atoms with Gasteiger partial charge in [-0.15, -0.1) is 0 Å². The molecule has 178 valence electrons. The number of nitrogens with two attached hydrogens (primary N) is 1. The molecule has 8 nitrogen and oxygen atoms in total. The first-order valence-corrected chi connectivity index (χ1v) is 10.9. The predicted molar refractivity (Wildman–Crippen MR) is 145 cm³/mol. The number of nitrogen functional groups attached to an aromatic ring is 1. The van der Waals surface area contributed by atoms with Crippen LogP contribution >= 0.6 is 0 Å². The van der Waals surface area contributed by atoms with Crippen molar-refractivity contribution in [1.82, 2.24) is 0 Å². The van der Waals surface area contributed by atoms with E-state index in [0.717, 1.165) is 22.6 Å². The molecule has 4 rings (SSSR count). The average molecular weight is 477 g/mol. The van der Waals surface area contributed by atoms with Gasteiger partial charge in [-0.05, 0) is 73.5 Å². The summed E-state index contributed by atoms with van der Waals surface area (Å²) in [5.41, 5.74) is 12.4. The van der Waals surface area contributed by atoms with Crippen LogP contribution in [0.4, 0.5) is 45.5 Å². The van der Waals surface area contributed by atoms with Crippen LogP contribution in [0.1, 0.15) is 11.1 Å². The third-order valence-electron chi connectivity index (χ3n) is 5.07. The van der Waals surface area contributed by atoms with Crippen molar-refractivity contribution in [2.24, 2.45) is 0 Å². The van der Waals surface area contributed by atoms with Gasteiger partial charge < -0.3 is 16.4 Å². The van der Waals surface area contributed by atoms with E-state index in [4.69, 9.17) is 18.9 Å². The smallest absolute Gasteiger partial charge is 0.290 e. The molecule has 4 aromatic carbocycles. The Morgan fingerprint density at radius 1 is 0.750 bits per heavy atom. The second kappa shape index (κ2) is 11.7. The van der Waals surface area contributed by atoms with Gasteiger partial charge in [-0.2, -0.15) is 0 Å². The van der Waals surface area contributed by atoms with E-state index in [1.165, 1.54) is 23.8 Å².